The lowest BCUT2D eigenvalue weighted by Gasteiger charge is -2.26. The number of carboxylic acids is 1. The van der Waals surface area contributed by atoms with Crippen LogP contribution >= 0.6 is 11.8 Å². The van der Waals surface area contributed by atoms with Crippen LogP contribution in [0, 0.1) is 5.92 Å². The lowest BCUT2D eigenvalue weighted by atomic mass is 9.97. The van der Waals surface area contributed by atoms with Gasteiger partial charge in [0.25, 0.3) is 0 Å². The monoisotopic (exact) mass is 162 g/mol. The summed E-state index contributed by atoms with van der Waals surface area (Å²) < 4.78 is -0.161. The molecule has 0 aliphatic rings. The minimum atomic E-state index is -0.723. The van der Waals surface area contributed by atoms with Gasteiger partial charge in [0.1, 0.15) is 0 Å². The zero-order chi connectivity index (χ0) is 8.36. The third-order valence-electron chi connectivity index (χ3n) is 1.94. The van der Waals surface area contributed by atoms with Crippen molar-refractivity contribution in [2.45, 2.75) is 25.5 Å². The first kappa shape index (κ1) is 9.82. The van der Waals surface area contributed by atoms with Gasteiger partial charge in [-0.3, -0.25) is 4.79 Å². The Balaban J connectivity index is 4.17. The Hall–Kier alpha value is -0.180. The van der Waals surface area contributed by atoms with Gasteiger partial charge in [0.05, 0.1) is 5.92 Å². The van der Waals surface area contributed by atoms with Crippen LogP contribution in [0.25, 0.3) is 0 Å². The average Bonchev–Trinajstić information content (AvgIpc) is 1.86. The Labute approximate surface area is 66.0 Å². The van der Waals surface area contributed by atoms with Crippen LogP contribution in [0.2, 0.25) is 0 Å². The second-order valence-corrected chi connectivity index (χ2v) is 4.33. The van der Waals surface area contributed by atoms with Crippen molar-refractivity contribution in [3.8, 4) is 0 Å². The minimum Gasteiger partial charge on any atom is -0.481 e. The molecule has 0 aliphatic heterocycles. The maximum Gasteiger partial charge on any atom is 0.307 e. The zero-order valence-corrected chi connectivity index (χ0v) is 7.66. The molecule has 0 heterocycles. The molecule has 0 fully saturated rings. The lowest BCUT2D eigenvalue weighted by Crippen LogP contribution is -2.31. The summed E-state index contributed by atoms with van der Waals surface area (Å²) in [6.07, 6.45) is 1.93. The van der Waals surface area contributed by atoms with E-state index in [1.54, 1.807) is 18.7 Å². The summed E-state index contributed by atoms with van der Waals surface area (Å²) in [6.45, 7) is 5.62. The predicted octanol–water partition coefficient (Wildman–Crippen LogP) is 1.85. The van der Waals surface area contributed by atoms with Gasteiger partial charge in [-0.1, -0.05) is 6.92 Å². The number of hydrogen-bond donors (Lipinski definition) is 1. The van der Waals surface area contributed by atoms with E-state index in [1.807, 2.05) is 20.1 Å². The highest BCUT2D eigenvalue weighted by Crippen LogP contribution is 2.29. The highest BCUT2D eigenvalue weighted by atomic mass is 32.2. The van der Waals surface area contributed by atoms with Gasteiger partial charge in [-0.15, -0.1) is 0 Å². The largest absolute Gasteiger partial charge is 0.481 e. The summed E-state index contributed by atoms with van der Waals surface area (Å²) in [5.41, 5.74) is 0. The quantitative estimate of drug-likeness (QED) is 0.688. The molecule has 60 valence electrons. The molecule has 0 saturated carbocycles. The van der Waals surface area contributed by atoms with E-state index >= 15 is 0 Å². The summed E-state index contributed by atoms with van der Waals surface area (Å²) >= 11 is 1.58. The summed E-state index contributed by atoms with van der Waals surface area (Å²) in [4.78, 5) is 10.5. The molecule has 1 N–H and O–H groups in total. The molecule has 0 bridgehead atoms. The van der Waals surface area contributed by atoms with E-state index in [1.165, 1.54) is 0 Å². The molecule has 2 nitrogen and oxygen atoms in total. The van der Waals surface area contributed by atoms with E-state index in [4.69, 9.17) is 5.11 Å². The third kappa shape index (κ3) is 2.21. The van der Waals surface area contributed by atoms with Gasteiger partial charge in [-0.05, 0) is 20.1 Å². The second kappa shape index (κ2) is 3.28. The van der Waals surface area contributed by atoms with Crippen molar-refractivity contribution in [3.05, 3.63) is 0 Å². The highest BCUT2D eigenvalue weighted by Gasteiger charge is 2.29. The summed E-state index contributed by atoms with van der Waals surface area (Å²) in [7, 11) is 0. The van der Waals surface area contributed by atoms with Crippen LogP contribution in [-0.4, -0.2) is 22.1 Å². The Bertz CT molecular complexity index is 132. The summed E-state index contributed by atoms with van der Waals surface area (Å²) in [5.74, 6) is -1.01. The molecule has 10 heavy (non-hydrogen) atoms. The lowest BCUT2D eigenvalue weighted by molar-refractivity contribution is -0.141. The maximum absolute atomic E-state index is 10.5. The molecule has 0 aromatic rings. The van der Waals surface area contributed by atoms with E-state index in [-0.39, 0.29) is 10.7 Å². The number of carboxylic acid groups (broad SMARTS) is 1. The van der Waals surface area contributed by atoms with Crippen LogP contribution in [0.15, 0.2) is 0 Å². The number of aliphatic carboxylic acids is 1. The number of hydrogen-bond acceptors (Lipinski definition) is 2. The molecule has 3 heteroatoms. The SMILES string of the molecule is CSC(C)(C)C(C)C(=O)O. The first-order valence-corrected chi connectivity index (χ1v) is 4.42. The fourth-order valence-corrected chi connectivity index (χ4v) is 0.929. The zero-order valence-electron chi connectivity index (χ0n) is 6.84. The molecule has 0 rings (SSSR count). The van der Waals surface area contributed by atoms with E-state index < -0.39 is 5.97 Å². The van der Waals surface area contributed by atoms with Crippen LogP contribution in [0.5, 0.6) is 0 Å². The van der Waals surface area contributed by atoms with Crippen LogP contribution in [0.3, 0.4) is 0 Å². The van der Waals surface area contributed by atoms with Crippen LogP contribution in [0.1, 0.15) is 20.8 Å². The van der Waals surface area contributed by atoms with E-state index in [2.05, 4.69) is 0 Å². The van der Waals surface area contributed by atoms with Gasteiger partial charge in [-0.25, -0.2) is 0 Å². The first-order chi connectivity index (χ1) is 4.41. The predicted molar refractivity (Wildman–Crippen MR) is 44.4 cm³/mol. The van der Waals surface area contributed by atoms with Gasteiger partial charge < -0.3 is 5.11 Å². The molecule has 0 aliphatic carbocycles. The van der Waals surface area contributed by atoms with Crippen molar-refractivity contribution < 1.29 is 9.90 Å². The van der Waals surface area contributed by atoms with Gasteiger partial charge in [0.15, 0.2) is 0 Å². The van der Waals surface area contributed by atoms with Crippen molar-refractivity contribution >= 4 is 17.7 Å². The second-order valence-electron chi connectivity index (χ2n) is 2.87. The molecule has 1 atom stereocenters. The first-order valence-electron chi connectivity index (χ1n) is 3.19. The molecular weight excluding hydrogens is 148 g/mol. The van der Waals surface area contributed by atoms with Gasteiger partial charge >= 0.3 is 5.97 Å². The smallest absolute Gasteiger partial charge is 0.307 e. The van der Waals surface area contributed by atoms with E-state index in [9.17, 15) is 4.79 Å². The number of rotatable bonds is 3. The van der Waals surface area contributed by atoms with Gasteiger partial charge in [0.2, 0.25) is 0 Å². The Kier molecular flexibility index (Phi) is 3.22. The normalized spacial score (nSPS) is 14.8. The fraction of sp³-hybridized carbons (Fsp3) is 0.857. The standard InChI is InChI=1S/C7H14O2S/c1-5(6(8)9)7(2,3)10-4/h5H,1-4H3,(H,8,9). The van der Waals surface area contributed by atoms with Crippen molar-refractivity contribution in [1.82, 2.24) is 0 Å². The molecule has 0 saturated heterocycles. The summed E-state index contributed by atoms with van der Waals surface area (Å²) in [6, 6.07) is 0. The number of thioether (sulfide) groups is 1. The van der Waals surface area contributed by atoms with Crippen molar-refractivity contribution in [3.63, 3.8) is 0 Å². The molecule has 0 aromatic carbocycles. The van der Waals surface area contributed by atoms with Gasteiger partial charge in [-0.2, -0.15) is 11.8 Å². The van der Waals surface area contributed by atoms with Crippen LogP contribution < -0.4 is 0 Å². The average molecular weight is 162 g/mol. The minimum absolute atomic E-state index is 0.161. The molecule has 0 aromatic heterocycles. The molecule has 0 spiro atoms. The summed E-state index contributed by atoms with van der Waals surface area (Å²) in [5, 5.41) is 8.64. The number of carbonyl (C=O) groups is 1. The molecule has 1 unspecified atom stereocenters. The molecule has 0 amide bonds. The van der Waals surface area contributed by atoms with E-state index in [0.717, 1.165) is 0 Å². The highest BCUT2D eigenvalue weighted by molar-refractivity contribution is 7.99. The van der Waals surface area contributed by atoms with Crippen LogP contribution in [0.4, 0.5) is 0 Å². The van der Waals surface area contributed by atoms with Crippen molar-refractivity contribution in [2.75, 3.05) is 6.26 Å². The Morgan fingerprint density at radius 3 is 2.10 bits per heavy atom. The Morgan fingerprint density at radius 2 is 2.00 bits per heavy atom. The topological polar surface area (TPSA) is 37.3 Å². The Morgan fingerprint density at radius 1 is 1.60 bits per heavy atom. The van der Waals surface area contributed by atoms with Crippen LogP contribution in [-0.2, 0) is 4.79 Å². The fourth-order valence-electron chi connectivity index (χ4n) is 0.474. The maximum atomic E-state index is 10.5. The molecule has 0 radical (unpaired) electrons. The van der Waals surface area contributed by atoms with Crippen molar-refractivity contribution in [1.29, 1.82) is 0 Å². The third-order valence-corrected chi connectivity index (χ3v) is 3.35. The van der Waals surface area contributed by atoms with E-state index in [0.29, 0.717) is 0 Å². The molecular formula is C7H14O2S. The van der Waals surface area contributed by atoms with Crippen molar-refractivity contribution in [2.24, 2.45) is 5.92 Å². The van der Waals surface area contributed by atoms with Gasteiger partial charge in [0, 0.05) is 4.75 Å².